The van der Waals surface area contributed by atoms with E-state index in [0.717, 1.165) is 26.8 Å². The Morgan fingerprint density at radius 1 is 0.720 bits per heavy atom. The third kappa shape index (κ3) is 2.47. The minimum Gasteiger partial charge on any atom is -0.321 e. The number of nitrogens with zero attached hydrogens (tertiary/aromatic N) is 5. The molecule has 25 heavy (non-hydrogen) atoms. The normalized spacial score (nSPS) is 11.4. The van der Waals surface area contributed by atoms with E-state index >= 15 is 0 Å². The Balaban J connectivity index is 1.66. The van der Waals surface area contributed by atoms with Gasteiger partial charge in [0.2, 0.25) is 0 Å². The highest BCUT2D eigenvalue weighted by Gasteiger charge is 2.13. The Bertz CT molecular complexity index is 1070. The van der Waals surface area contributed by atoms with Crippen molar-refractivity contribution in [3.63, 3.8) is 0 Å². The average Bonchev–Trinajstić information content (AvgIpc) is 3.25. The predicted octanol–water partition coefficient (Wildman–Crippen LogP) is 3.72. The number of hydrogen-bond acceptors (Lipinski definition) is 5. The molecule has 0 radical (unpaired) electrons. The first-order chi connectivity index (χ1) is 12.3. The van der Waals surface area contributed by atoms with Gasteiger partial charge in [0.15, 0.2) is 22.9 Å². The molecule has 0 fully saturated rings. The monoisotopic (exact) mass is 391 g/mol. The molecule has 7 nitrogen and oxygen atoms in total. The first-order valence-electron chi connectivity index (χ1n) is 7.56. The zero-order valence-electron chi connectivity index (χ0n) is 12.7. The summed E-state index contributed by atoms with van der Waals surface area (Å²) in [5.74, 6) is 1.32. The number of halogens is 1. The fourth-order valence-electron chi connectivity index (χ4n) is 2.67. The standard InChI is InChI=1S/C17H10BrN7/c18-9-7-12(16-22-10-3-1-5-19-14(10)24-16)21-13(8-9)17-23-11-4-2-6-20-15(11)25-17/h1-8H,(H,19,22,24)(H,20,23,25). The van der Waals surface area contributed by atoms with Crippen LogP contribution in [-0.4, -0.2) is 34.9 Å². The summed E-state index contributed by atoms with van der Waals surface area (Å²) in [6.45, 7) is 0. The number of hydrogen-bond donors (Lipinski definition) is 2. The zero-order chi connectivity index (χ0) is 16.8. The van der Waals surface area contributed by atoms with Crippen LogP contribution < -0.4 is 0 Å². The van der Waals surface area contributed by atoms with Crippen LogP contribution in [0.1, 0.15) is 0 Å². The van der Waals surface area contributed by atoms with Gasteiger partial charge in [-0.3, -0.25) is 0 Å². The number of aromatic amines is 2. The van der Waals surface area contributed by atoms with Crippen molar-refractivity contribution >= 4 is 38.3 Å². The molecular weight excluding hydrogens is 382 g/mol. The molecule has 0 aromatic carbocycles. The first kappa shape index (κ1) is 14.2. The minimum absolute atomic E-state index is 0.658. The van der Waals surface area contributed by atoms with Gasteiger partial charge in [0.05, 0.1) is 0 Å². The first-order valence-corrected chi connectivity index (χ1v) is 8.35. The van der Waals surface area contributed by atoms with Crippen LogP contribution in [0, 0.1) is 0 Å². The maximum absolute atomic E-state index is 4.69. The molecular formula is C17H10BrN7. The molecule has 0 saturated carbocycles. The molecule has 120 valence electrons. The number of imidazole rings is 2. The summed E-state index contributed by atoms with van der Waals surface area (Å²) in [7, 11) is 0. The van der Waals surface area contributed by atoms with Crippen molar-refractivity contribution in [2.24, 2.45) is 0 Å². The summed E-state index contributed by atoms with van der Waals surface area (Å²) >= 11 is 3.54. The van der Waals surface area contributed by atoms with Crippen molar-refractivity contribution < 1.29 is 0 Å². The van der Waals surface area contributed by atoms with Crippen molar-refractivity contribution in [2.45, 2.75) is 0 Å². The molecule has 0 aliphatic heterocycles. The van der Waals surface area contributed by atoms with Gasteiger partial charge < -0.3 is 9.97 Å². The molecule has 5 aromatic rings. The highest BCUT2D eigenvalue weighted by Crippen LogP contribution is 2.26. The second-order valence-electron chi connectivity index (χ2n) is 5.47. The lowest BCUT2D eigenvalue weighted by molar-refractivity contribution is 1.19. The van der Waals surface area contributed by atoms with Crippen LogP contribution in [0.15, 0.2) is 53.3 Å². The van der Waals surface area contributed by atoms with Crippen molar-refractivity contribution in [1.29, 1.82) is 0 Å². The van der Waals surface area contributed by atoms with Crippen molar-refractivity contribution in [1.82, 2.24) is 34.9 Å². The van der Waals surface area contributed by atoms with Gasteiger partial charge in [0.25, 0.3) is 0 Å². The largest absolute Gasteiger partial charge is 0.321 e. The summed E-state index contributed by atoms with van der Waals surface area (Å²) in [6.07, 6.45) is 3.46. The maximum atomic E-state index is 4.69. The molecule has 2 N–H and O–H groups in total. The topological polar surface area (TPSA) is 96.0 Å². The second-order valence-corrected chi connectivity index (χ2v) is 6.38. The molecule has 0 unspecified atom stereocenters. The van der Waals surface area contributed by atoms with Gasteiger partial charge in [-0.1, -0.05) is 15.9 Å². The van der Waals surface area contributed by atoms with Crippen LogP contribution in [-0.2, 0) is 0 Å². The number of aromatic nitrogens is 7. The van der Waals surface area contributed by atoms with Crippen LogP contribution in [0.2, 0.25) is 0 Å². The van der Waals surface area contributed by atoms with Crippen molar-refractivity contribution in [3.8, 4) is 23.0 Å². The van der Waals surface area contributed by atoms with Crippen LogP contribution in [0.25, 0.3) is 45.4 Å². The quantitative estimate of drug-likeness (QED) is 0.477. The average molecular weight is 392 g/mol. The van der Waals surface area contributed by atoms with Gasteiger partial charge in [-0.05, 0) is 36.4 Å². The van der Waals surface area contributed by atoms with E-state index in [1.807, 2.05) is 36.4 Å². The van der Waals surface area contributed by atoms with Gasteiger partial charge in [-0.15, -0.1) is 0 Å². The van der Waals surface area contributed by atoms with Gasteiger partial charge in [-0.2, -0.15) is 0 Å². The van der Waals surface area contributed by atoms with Gasteiger partial charge >= 0.3 is 0 Å². The number of pyridine rings is 3. The second kappa shape index (κ2) is 5.45. The molecule has 0 spiro atoms. The highest BCUT2D eigenvalue weighted by molar-refractivity contribution is 9.10. The Morgan fingerprint density at radius 2 is 1.24 bits per heavy atom. The Morgan fingerprint density at radius 3 is 1.72 bits per heavy atom. The zero-order valence-corrected chi connectivity index (χ0v) is 14.3. The van der Waals surface area contributed by atoms with Gasteiger partial charge in [0.1, 0.15) is 22.4 Å². The molecule has 0 amide bonds. The van der Waals surface area contributed by atoms with Crippen molar-refractivity contribution in [2.75, 3.05) is 0 Å². The smallest absolute Gasteiger partial charge is 0.158 e. The maximum Gasteiger partial charge on any atom is 0.158 e. The number of rotatable bonds is 2. The van der Waals surface area contributed by atoms with Gasteiger partial charge in [0, 0.05) is 16.9 Å². The summed E-state index contributed by atoms with van der Waals surface area (Å²) in [5, 5.41) is 0. The van der Waals surface area contributed by atoms with E-state index < -0.39 is 0 Å². The van der Waals surface area contributed by atoms with Crippen LogP contribution >= 0.6 is 15.9 Å². The fourth-order valence-corrected chi connectivity index (χ4v) is 3.10. The van der Waals surface area contributed by atoms with Crippen molar-refractivity contribution in [3.05, 3.63) is 53.3 Å². The lowest BCUT2D eigenvalue weighted by atomic mass is 10.3. The molecule has 8 heteroatoms. The number of fused-ring (bicyclic) bond motifs is 2. The molecule has 0 atom stereocenters. The molecule has 0 aliphatic rings. The third-order valence-corrected chi connectivity index (χ3v) is 4.24. The summed E-state index contributed by atoms with van der Waals surface area (Å²) in [5.41, 5.74) is 4.47. The summed E-state index contributed by atoms with van der Waals surface area (Å²) < 4.78 is 0.884. The molecule has 0 bridgehead atoms. The van der Waals surface area contributed by atoms with E-state index in [4.69, 9.17) is 4.98 Å². The van der Waals surface area contributed by atoms with Crippen LogP contribution in [0.5, 0.6) is 0 Å². The SMILES string of the molecule is Brc1cc(-c2nc3cccnc3[nH]2)nc(-c2nc3cccnc3[nH]2)c1. The van der Waals surface area contributed by atoms with E-state index in [2.05, 4.69) is 45.8 Å². The molecule has 0 saturated heterocycles. The number of nitrogens with one attached hydrogen (secondary N) is 2. The summed E-state index contributed by atoms with van der Waals surface area (Å²) in [6, 6.07) is 11.3. The predicted molar refractivity (Wildman–Crippen MR) is 97.7 cm³/mol. The number of H-pyrrole nitrogens is 2. The van der Waals surface area contributed by atoms with E-state index in [9.17, 15) is 0 Å². The lowest BCUT2D eigenvalue weighted by Crippen LogP contribution is -1.91. The molecule has 5 aromatic heterocycles. The van der Waals surface area contributed by atoms with Gasteiger partial charge in [-0.25, -0.2) is 24.9 Å². The van der Waals surface area contributed by atoms with Crippen LogP contribution in [0.3, 0.4) is 0 Å². The summed E-state index contributed by atoms with van der Waals surface area (Å²) in [4.78, 5) is 28.7. The Hall–Kier alpha value is -3.13. The molecule has 0 aliphatic carbocycles. The third-order valence-electron chi connectivity index (χ3n) is 3.79. The lowest BCUT2D eigenvalue weighted by Gasteiger charge is -2.02. The fraction of sp³-hybridized carbons (Fsp3) is 0. The van der Waals surface area contributed by atoms with E-state index in [1.165, 1.54) is 0 Å². The Kier molecular flexibility index (Phi) is 3.10. The molecule has 5 heterocycles. The van der Waals surface area contributed by atoms with E-state index in [0.29, 0.717) is 23.0 Å². The van der Waals surface area contributed by atoms with Crippen LogP contribution in [0.4, 0.5) is 0 Å². The highest BCUT2D eigenvalue weighted by atomic mass is 79.9. The Labute approximate surface area is 149 Å². The van der Waals surface area contributed by atoms with E-state index in [1.54, 1.807) is 12.4 Å². The minimum atomic E-state index is 0.658. The van der Waals surface area contributed by atoms with E-state index in [-0.39, 0.29) is 0 Å². The molecule has 5 rings (SSSR count).